The van der Waals surface area contributed by atoms with Crippen molar-refractivity contribution in [3.8, 4) is 34.3 Å². The normalized spacial score (nSPS) is 10.9. The van der Waals surface area contributed by atoms with Crippen molar-refractivity contribution >= 4 is 0 Å². The number of benzene rings is 1. The summed E-state index contributed by atoms with van der Waals surface area (Å²) in [5.41, 5.74) is 5.74. The van der Waals surface area contributed by atoms with E-state index in [4.69, 9.17) is 4.74 Å². The first-order valence-electron chi connectivity index (χ1n) is 8.88. The van der Waals surface area contributed by atoms with E-state index in [1.54, 1.807) is 31.8 Å². The Balaban J connectivity index is 1.72. The second-order valence-electron chi connectivity index (χ2n) is 6.63. The molecule has 28 heavy (non-hydrogen) atoms. The van der Waals surface area contributed by atoms with E-state index in [2.05, 4.69) is 57.2 Å². The zero-order valence-corrected chi connectivity index (χ0v) is 16.2. The Morgan fingerprint density at radius 3 is 2.11 bits per heavy atom. The number of rotatable bonds is 4. The monoisotopic (exact) mass is 372 g/mol. The SMILES string of the molecule is COc1ccc(-n2c(C)nnc2-c2cnc(-c3cc(C)cc(C)c3)cn2)cn1. The summed E-state index contributed by atoms with van der Waals surface area (Å²) in [6, 6.07) is 10.1. The van der Waals surface area contributed by atoms with Crippen molar-refractivity contribution in [3.63, 3.8) is 0 Å². The highest BCUT2D eigenvalue weighted by Gasteiger charge is 2.15. The van der Waals surface area contributed by atoms with Crippen LogP contribution in [0, 0.1) is 20.8 Å². The summed E-state index contributed by atoms with van der Waals surface area (Å²) in [5, 5.41) is 8.49. The molecule has 140 valence electrons. The van der Waals surface area contributed by atoms with Crippen LogP contribution in [0.1, 0.15) is 17.0 Å². The van der Waals surface area contributed by atoms with Gasteiger partial charge in [-0.2, -0.15) is 0 Å². The maximum absolute atomic E-state index is 5.13. The number of nitrogens with zero attached hydrogens (tertiary/aromatic N) is 6. The van der Waals surface area contributed by atoms with Gasteiger partial charge in [0.2, 0.25) is 5.88 Å². The van der Waals surface area contributed by atoms with Crippen molar-refractivity contribution in [2.24, 2.45) is 0 Å². The average molecular weight is 372 g/mol. The molecule has 7 nitrogen and oxygen atoms in total. The Morgan fingerprint density at radius 2 is 1.50 bits per heavy atom. The molecular formula is C21H20N6O. The van der Waals surface area contributed by atoms with E-state index in [-0.39, 0.29) is 0 Å². The van der Waals surface area contributed by atoms with Crippen LogP contribution in [0.25, 0.3) is 28.5 Å². The molecule has 0 saturated carbocycles. The molecule has 0 saturated heterocycles. The van der Waals surface area contributed by atoms with Crippen molar-refractivity contribution in [1.82, 2.24) is 29.7 Å². The molecule has 4 aromatic rings. The lowest BCUT2D eigenvalue weighted by Gasteiger charge is -2.09. The summed E-state index contributed by atoms with van der Waals surface area (Å²) in [7, 11) is 1.59. The quantitative estimate of drug-likeness (QED) is 0.543. The molecule has 0 atom stereocenters. The van der Waals surface area contributed by atoms with Crippen molar-refractivity contribution in [2.75, 3.05) is 7.11 Å². The zero-order valence-electron chi connectivity index (χ0n) is 16.2. The number of hydrogen-bond acceptors (Lipinski definition) is 6. The average Bonchev–Trinajstić information content (AvgIpc) is 3.09. The molecular weight excluding hydrogens is 352 g/mol. The molecule has 0 bridgehead atoms. The van der Waals surface area contributed by atoms with E-state index >= 15 is 0 Å². The first-order valence-corrected chi connectivity index (χ1v) is 8.88. The fourth-order valence-electron chi connectivity index (χ4n) is 3.18. The Labute approximate surface area is 163 Å². The third kappa shape index (κ3) is 3.34. The van der Waals surface area contributed by atoms with Gasteiger partial charge in [0.25, 0.3) is 0 Å². The molecule has 0 aliphatic carbocycles. The fourth-order valence-corrected chi connectivity index (χ4v) is 3.18. The molecule has 7 heteroatoms. The molecule has 4 rings (SSSR count). The van der Waals surface area contributed by atoms with Gasteiger partial charge in [-0.15, -0.1) is 10.2 Å². The maximum atomic E-state index is 5.13. The minimum Gasteiger partial charge on any atom is -0.481 e. The highest BCUT2D eigenvalue weighted by atomic mass is 16.5. The van der Waals surface area contributed by atoms with Gasteiger partial charge in [0, 0.05) is 11.6 Å². The van der Waals surface area contributed by atoms with Crippen molar-refractivity contribution in [1.29, 1.82) is 0 Å². The van der Waals surface area contributed by atoms with Gasteiger partial charge in [-0.3, -0.25) is 9.55 Å². The molecule has 0 fully saturated rings. The van der Waals surface area contributed by atoms with Crippen LogP contribution >= 0.6 is 0 Å². The van der Waals surface area contributed by atoms with Crippen LogP contribution in [0.4, 0.5) is 0 Å². The van der Waals surface area contributed by atoms with E-state index in [1.807, 2.05) is 17.6 Å². The van der Waals surface area contributed by atoms with E-state index in [0.29, 0.717) is 17.4 Å². The van der Waals surface area contributed by atoms with Gasteiger partial charge < -0.3 is 4.74 Å². The van der Waals surface area contributed by atoms with E-state index in [1.165, 1.54) is 11.1 Å². The van der Waals surface area contributed by atoms with Crippen LogP contribution in [0.2, 0.25) is 0 Å². The summed E-state index contributed by atoms with van der Waals surface area (Å²) >= 11 is 0. The minimum atomic E-state index is 0.550. The summed E-state index contributed by atoms with van der Waals surface area (Å²) in [5.74, 6) is 1.90. The molecule has 0 aliphatic heterocycles. The smallest absolute Gasteiger partial charge is 0.213 e. The summed E-state index contributed by atoms with van der Waals surface area (Å²) in [4.78, 5) is 13.5. The Morgan fingerprint density at radius 1 is 0.786 bits per heavy atom. The van der Waals surface area contributed by atoms with Crippen LogP contribution in [0.3, 0.4) is 0 Å². The number of pyridine rings is 1. The molecule has 3 aromatic heterocycles. The van der Waals surface area contributed by atoms with Crippen LogP contribution in [-0.2, 0) is 0 Å². The third-order valence-corrected chi connectivity index (χ3v) is 4.41. The Kier molecular flexibility index (Phi) is 4.57. The largest absolute Gasteiger partial charge is 0.481 e. The topological polar surface area (TPSA) is 78.6 Å². The molecule has 3 heterocycles. The van der Waals surface area contributed by atoms with Gasteiger partial charge >= 0.3 is 0 Å². The number of aromatic nitrogens is 6. The predicted molar refractivity (Wildman–Crippen MR) is 106 cm³/mol. The van der Waals surface area contributed by atoms with Gasteiger partial charge in [-0.25, -0.2) is 9.97 Å². The van der Waals surface area contributed by atoms with Gasteiger partial charge in [0.1, 0.15) is 11.5 Å². The first-order chi connectivity index (χ1) is 13.5. The maximum Gasteiger partial charge on any atom is 0.213 e. The third-order valence-electron chi connectivity index (χ3n) is 4.41. The highest BCUT2D eigenvalue weighted by Crippen LogP contribution is 2.24. The predicted octanol–water partition coefficient (Wildman–Crippen LogP) is 3.72. The minimum absolute atomic E-state index is 0.550. The van der Waals surface area contributed by atoms with Crippen molar-refractivity contribution < 1.29 is 4.74 Å². The van der Waals surface area contributed by atoms with Crippen molar-refractivity contribution in [3.05, 3.63) is 65.9 Å². The summed E-state index contributed by atoms with van der Waals surface area (Å²) in [6.07, 6.45) is 5.21. The van der Waals surface area contributed by atoms with Crippen LogP contribution in [-0.4, -0.2) is 36.8 Å². The van der Waals surface area contributed by atoms with E-state index in [0.717, 1.165) is 22.8 Å². The molecule has 0 aliphatic rings. The molecule has 0 spiro atoms. The zero-order chi connectivity index (χ0) is 19.7. The number of aryl methyl sites for hydroxylation is 3. The second-order valence-corrected chi connectivity index (χ2v) is 6.63. The lowest BCUT2D eigenvalue weighted by atomic mass is 10.1. The number of ether oxygens (including phenoxy) is 1. The molecule has 0 amide bonds. The van der Waals surface area contributed by atoms with Crippen LogP contribution in [0.5, 0.6) is 5.88 Å². The van der Waals surface area contributed by atoms with Crippen molar-refractivity contribution in [2.45, 2.75) is 20.8 Å². The standard InChI is InChI=1S/C21H20N6O/c1-13-7-14(2)9-16(8-13)18-11-23-19(12-22-18)21-26-25-15(3)27(21)17-5-6-20(28-4)24-10-17/h5-12H,1-4H3. The Bertz CT molecular complexity index is 1100. The summed E-state index contributed by atoms with van der Waals surface area (Å²) < 4.78 is 7.03. The summed E-state index contributed by atoms with van der Waals surface area (Å²) in [6.45, 7) is 6.04. The van der Waals surface area contributed by atoms with Gasteiger partial charge in [0.15, 0.2) is 5.82 Å². The Hall–Kier alpha value is -3.61. The number of hydrogen-bond donors (Lipinski definition) is 0. The molecule has 0 unspecified atom stereocenters. The molecule has 0 N–H and O–H groups in total. The van der Waals surface area contributed by atoms with Crippen LogP contribution < -0.4 is 4.74 Å². The first kappa shape index (κ1) is 17.8. The lowest BCUT2D eigenvalue weighted by molar-refractivity contribution is 0.398. The van der Waals surface area contributed by atoms with Gasteiger partial charge in [0.05, 0.1) is 37.1 Å². The van der Waals surface area contributed by atoms with Gasteiger partial charge in [-0.05, 0) is 39.0 Å². The number of methoxy groups -OCH3 is 1. The molecule has 1 aromatic carbocycles. The second kappa shape index (κ2) is 7.19. The highest BCUT2D eigenvalue weighted by molar-refractivity contribution is 5.62. The van der Waals surface area contributed by atoms with Crippen LogP contribution in [0.15, 0.2) is 48.9 Å². The van der Waals surface area contributed by atoms with Gasteiger partial charge in [-0.1, -0.05) is 17.2 Å². The van der Waals surface area contributed by atoms with E-state index in [9.17, 15) is 0 Å². The fraction of sp³-hybridized carbons (Fsp3) is 0.190. The van der Waals surface area contributed by atoms with E-state index < -0.39 is 0 Å². The lowest BCUT2D eigenvalue weighted by Crippen LogP contribution is -2.02. The molecule has 0 radical (unpaired) electrons.